The molecule has 0 fully saturated rings. The van der Waals surface area contributed by atoms with Crippen molar-refractivity contribution in [2.45, 2.75) is 0 Å². The maximum atomic E-state index is 10.3. The molecule has 0 bridgehead atoms. The molecule has 0 aromatic carbocycles. The number of hydrogen-bond acceptors (Lipinski definition) is 6. The highest BCUT2D eigenvalue weighted by Gasteiger charge is 2.19. The number of nitrogens with two attached hydrogens (primary N) is 1. The van der Waals surface area contributed by atoms with Crippen LogP contribution in [0.25, 0.3) is 0 Å². The second-order valence-corrected chi connectivity index (χ2v) is 2.06. The summed E-state index contributed by atoms with van der Waals surface area (Å²) < 4.78 is 0. The van der Waals surface area contributed by atoms with Gasteiger partial charge in [-0.1, -0.05) is 0 Å². The van der Waals surface area contributed by atoms with Crippen LogP contribution in [0.2, 0.25) is 0 Å². The molecule has 0 amide bonds. The third-order valence-electron chi connectivity index (χ3n) is 1.11. The Bertz CT molecular complexity index is 433. The van der Waals surface area contributed by atoms with Gasteiger partial charge in [-0.05, 0) is 0 Å². The van der Waals surface area contributed by atoms with Crippen molar-refractivity contribution in [3.63, 3.8) is 0 Å². The Morgan fingerprint density at radius 2 is 1.60 bits per heavy atom. The van der Waals surface area contributed by atoms with Gasteiger partial charge in [0.1, 0.15) is 17.8 Å². The first-order chi connectivity index (χ1) is 6.93. The van der Waals surface area contributed by atoms with E-state index in [1.807, 2.05) is 0 Å². The number of aliphatic imine (C=N–C) groups is 1. The molecule has 0 atom stereocenters. The molecule has 0 rings (SSSR count). The number of nitriles is 2. The number of carboxylic acid groups (broad SMARTS) is 2. The van der Waals surface area contributed by atoms with Gasteiger partial charge in [-0.25, -0.2) is 14.6 Å². The minimum Gasteiger partial charge on any atom is -0.476 e. The molecule has 0 aromatic heterocycles. The summed E-state index contributed by atoms with van der Waals surface area (Å²) in [7, 11) is 0. The highest BCUT2D eigenvalue weighted by molar-refractivity contribution is 6.61. The van der Waals surface area contributed by atoms with E-state index in [4.69, 9.17) is 26.5 Å². The third-order valence-corrected chi connectivity index (χ3v) is 1.11. The summed E-state index contributed by atoms with van der Waals surface area (Å²) in [6.45, 7) is 0. The molecule has 0 saturated heterocycles. The first-order valence-corrected chi connectivity index (χ1v) is 3.29. The molecule has 0 unspecified atom stereocenters. The van der Waals surface area contributed by atoms with Crippen molar-refractivity contribution in [1.82, 2.24) is 0 Å². The maximum Gasteiger partial charge on any atom is 0.362 e. The molecular formula is C7H4N4O4. The molecule has 0 aliphatic carbocycles. The lowest BCUT2D eigenvalue weighted by atomic mass is 10.3. The van der Waals surface area contributed by atoms with Crippen LogP contribution in [0.1, 0.15) is 0 Å². The molecule has 0 heterocycles. The minimum atomic E-state index is -1.83. The number of hydrogen-bond donors (Lipinski definition) is 3. The topological polar surface area (TPSA) is 161 Å². The Hall–Kier alpha value is -2.87. The molecule has 15 heavy (non-hydrogen) atoms. The van der Waals surface area contributed by atoms with Gasteiger partial charge in [0.25, 0.3) is 0 Å². The fraction of sp³-hybridized carbons (Fsp3) is 0. The van der Waals surface area contributed by atoms with Gasteiger partial charge in [0, 0.05) is 0 Å². The number of carbonyl (C=O) groups is 2. The van der Waals surface area contributed by atoms with E-state index in [9.17, 15) is 9.59 Å². The first-order valence-electron chi connectivity index (χ1n) is 3.29. The zero-order valence-electron chi connectivity index (χ0n) is 7.13. The summed E-state index contributed by atoms with van der Waals surface area (Å²) in [6.07, 6.45) is 0. The van der Waals surface area contributed by atoms with Crippen molar-refractivity contribution in [2.24, 2.45) is 10.7 Å². The highest BCUT2D eigenvalue weighted by atomic mass is 16.4. The van der Waals surface area contributed by atoms with E-state index >= 15 is 0 Å². The second-order valence-electron chi connectivity index (χ2n) is 2.06. The fourth-order valence-electron chi connectivity index (χ4n) is 0.497. The summed E-state index contributed by atoms with van der Waals surface area (Å²) >= 11 is 0. The van der Waals surface area contributed by atoms with Gasteiger partial charge in [-0.3, -0.25) is 0 Å². The van der Waals surface area contributed by atoms with E-state index < -0.39 is 29.0 Å². The Morgan fingerprint density at radius 3 is 1.87 bits per heavy atom. The average molecular weight is 208 g/mol. The quantitative estimate of drug-likeness (QED) is 0.298. The van der Waals surface area contributed by atoms with Crippen LogP contribution in [0.15, 0.2) is 16.4 Å². The first kappa shape index (κ1) is 12.1. The van der Waals surface area contributed by atoms with Crippen molar-refractivity contribution >= 4 is 17.7 Å². The normalized spacial score (nSPS) is 10.3. The van der Waals surface area contributed by atoms with Crippen LogP contribution in [0.3, 0.4) is 0 Å². The van der Waals surface area contributed by atoms with Gasteiger partial charge in [0.05, 0.1) is 0 Å². The minimum absolute atomic E-state index is 0.655. The van der Waals surface area contributed by atoms with Gasteiger partial charge in [0.15, 0.2) is 5.70 Å². The molecule has 0 saturated carbocycles. The van der Waals surface area contributed by atoms with E-state index in [0.717, 1.165) is 0 Å². The Labute approximate surface area is 83.2 Å². The molecule has 0 spiro atoms. The van der Waals surface area contributed by atoms with Crippen LogP contribution in [-0.4, -0.2) is 27.9 Å². The molecular weight excluding hydrogens is 204 g/mol. The van der Waals surface area contributed by atoms with Crippen molar-refractivity contribution in [3.05, 3.63) is 11.4 Å². The molecule has 8 heteroatoms. The monoisotopic (exact) mass is 208 g/mol. The standard InChI is InChI=1S/C7H4N4O4/c8-1-3(10)4(2-9)11-5(6(12)13)7(14)15/h10H2,(H,12,13)(H,14,15). The molecule has 4 N–H and O–H groups in total. The van der Waals surface area contributed by atoms with Crippen LogP contribution in [0.4, 0.5) is 0 Å². The lowest BCUT2D eigenvalue weighted by Crippen LogP contribution is -2.23. The summed E-state index contributed by atoms with van der Waals surface area (Å²) in [5, 5.41) is 33.4. The van der Waals surface area contributed by atoms with Gasteiger partial charge in [0.2, 0.25) is 5.71 Å². The SMILES string of the molecule is N#CC(N)=C(C#N)N=C(C(=O)O)C(=O)O. The molecule has 0 aromatic rings. The van der Waals surface area contributed by atoms with E-state index in [0.29, 0.717) is 0 Å². The van der Waals surface area contributed by atoms with Gasteiger partial charge in [-0.2, -0.15) is 10.5 Å². The average Bonchev–Trinajstić information content (AvgIpc) is 2.17. The Balaban J connectivity index is 5.55. The lowest BCUT2D eigenvalue weighted by Gasteiger charge is -1.94. The van der Waals surface area contributed by atoms with Crippen LogP contribution < -0.4 is 5.73 Å². The van der Waals surface area contributed by atoms with Gasteiger partial charge < -0.3 is 15.9 Å². The summed E-state index contributed by atoms with van der Waals surface area (Å²) in [5.74, 6) is -3.66. The van der Waals surface area contributed by atoms with Crippen molar-refractivity contribution in [3.8, 4) is 12.1 Å². The zero-order chi connectivity index (χ0) is 12.0. The zero-order valence-corrected chi connectivity index (χ0v) is 7.13. The third kappa shape index (κ3) is 3.16. The summed E-state index contributed by atoms with van der Waals surface area (Å²) in [5.41, 5.74) is 2.28. The molecule has 8 nitrogen and oxygen atoms in total. The van der Waals surface area contributed by atoms with E-state index in [1.54, 1.807) is 0 Å². The molecule has 0 aliphatic heterocycles. The largest absolute Gasteiger partial charge is 0.476 e. The van der Waals surface area contributed by atoms with E-state index in [2.05, 4.69) is 4.99 Å². The predicted octanol–water partition coefficient (Wildman–Crippen LogP) is -1.19. The molecule has 76 valence electrons. The van der Waals surface area contributed by atoms with Crippen molar-refractivity contribution in [1.29, 1.82) is 10.5 Å². The van der Waals surface area contributed by atoms with Crippen LogP contribution >= 0.6 is 0 Å². The molecule has 0 aliphatic rings. The molecule has 0 radical (unpaired) electrons. The van der Waals surface area contributed by atoms with E-state index in [-0.39, 0.29) is 0 Å². The van der Waals surface area contributed by atoms with Crippen LogP contribution in [0, 0.1) is 22.7 Å². The van der Waals surface area contributed by atoms with Crippen LogP contribution in [-0.2, 0) is 9.59 Å². The van der Waals surface area contributed by atoms with Crippen molar-refractivity contribution < 1.29 is 19.8 Å². The summed E-state index contributed by atoms with van der Waals surface area (Å²) in [4.78, 5) is 23.6. The number of rotatable bonds is 3. The smallest absolute Gasteiger partial charge is 0.362 e. The fourth-order valence-corrected chi connectivity index (χ4v) is 0.497. The van der Waals surface area contributed by atoms with Gasteiger partial charge >= 0.3 is 11.9 Å². The highest BCUT2D eigenvalue weighted by Crippen LogP contribution is 2.00. The number of nitrogens with zero attached hydrogens (tertiary/aromatic N) is 3. The second kappa shape index (κ2) is 4.99. The number of allylic oxidation sites excluding steroid dienone is 2. The maximum absolute atomic E-state index is 10.3. The van der Waals surface area contributed by atoms with Gasteiger partial charge in [-0.15, -0.1) is 0 Å². The predicted molar refractivity (Wildman–Crippen MR) is 45.1 cm³/mol. The van der Waals surface area contributed by atoms with E-state index in [1.165, 1.54) is 12.1 Å². The Morgan fingerprint density at radius 1 is 1.13 bits per heavy atom. The van der Waals surface area contributed by atoms with Crippen molar-refractivity contribution in [2.75, 3.05) is 0 Å². The van der Waals surface area contributed by atoms with Crippen LogP contribution in [0.5, 0.6) is 0 Å². The Kier molecular flexibility index (Phi) is 4.03. The summed E-state index contributed by atoms with van der Waals surface area (Å²) in [6, 6.07) is 2.65. The lowest BCUT2D eigenvalue weighted by molar-refractivity contribution is -0.134. The number of aliphatic carboxylic acids is 2. The number of carboxylic acids is 2.